The summed E-state index contributed by atoms with van der Waals surface area (Å²) >= 11 is 5.96. The summed E-state index contributed by atoms with van der Waals surface area (Å²) in [5, 5.41) is 7.00. The van der Waals surface area contributed by atoms with Crippen LogP contribution < -0.4 is 25.3 Å². The van der Waals surface area contributed by atoms with Crippen LogP contribution in [0.1, 0.15) is 186 Å². The largest absolute Gasteiger partial charge is 0.444 e. The molecule has 12 rings (SSSR count). The summed E-state index contributed by atoms with van der Waals surface area (Å²) in [6.07, 6.45) is 28.6. The summed E-state index contributed by atoms with van der Waals surface area (Å²) in [6, 6.07) is 0. The zero-order valence-electron chi connectivity index (χ0n) is 53.2. The number of ether oxygens (including phenoxy) is 3. The van der Waals surface area contributed by atoms with Crippen molar-refractivity contribution in [3.05, 3.63) is 77.5 Å². The van der Waals surface area contributed by atoms with Gasteiger partial charge in [-0.15, -0.1) is 12.4 Å². The van der Waals surface area contributed by atoms with Gasteiger partial charge in [0.15, 0.2) is 22.6 Å². The third-order valence-electron chi connectivity index (χ3n) is 15.9. The van der Waals surface area contributed by atoms with Crippen LogP contribution in [0, 0.1) is 0 Å². The summed E-state index contributed by atoms with van der Waals surface area (Å²) in [7, 11) is 0. The number of likely N-dealkylation sites (tertiary alicyclic amines) is 3. The standard InChI is InChI=1S/2C17H26N4O2.C12H16ClN3O2.C12H18N4.C5H11N.ClH/c2*1-17(2,3)23-16(22)21-11-13(12-21)14-15(19-8-7-18-14)20-9-5-4-6-10-20;1-12(2,3)18-11(17)16-6-8(7-16)9-10(13)15-5-4-14-9;1-2-6-16(7-3-1)12-11(10-8-13-9-10)14-4-5-15-12;1-2-4-6-5-3-1;/h2*7-8,13H,4-6,9-12H2,1-3H3;4-5,8H,6-7H2,1-3H3;4-5,10,13H,1-3,6-9H2;6H,1-5H2;1H. The molecule has 480 valence electrons. The molecule has 0 aliphatic carbocycles. The molecule has 0 saturated carbocycles. The number of aromatic nitrogens is 8. The second-order valence-electron chi connectivity index (χ2n) is 26.6. The topological polar surface area (TPSA) is 226 Å². The molecule has 12 heterocycles. The second-order valence-corrected chi connectivity index (χ2v) is 26.9. The number of nitrogens with one attached hydrogen (secondary N) is 2. The molecule has 4 aromatic rings. The van der Waals surface area contributed by atoms with E-state index in [1.807, 2.05) is 74.7 Å². The minimum atomic E-state index is -0.466. The first-order valence-corrected chi connectivity index (χ1v) is 32.1. The monoisotopic (exact) mass is 1240 g/mol. The van der Waals surface area contributed by atoms with E-state index in [0.29, 0.717) is 50.3 Å². The lowest BCUT2D eigenvalue weighted by molar-refractivity contribution is 0.00694. The van der Waals surface area contributed by atoms with Crippen LogP contribution in [0.25, 0.3) is 0 Å². The Morgan fingerprint density at radius 3 is 0.931 bits per heavy atom. The molecule has 8 aliphatic rings. The number of amides is 3. The van der Waals surface area contributed by atoms with Gasteiger partial charge in [0.05, 0.1) is 22.8 Å². The van der Waals surface area contributed by atoms with Gasteiger partial charge in [0.25, 0.3) is 0 Å². The highest BCUT2D eigenvalue weighted by molar-refractivity contribution is 6.30. The second kappa shape index (κ2) is 32.5. The molecule has 0 atom stereocenters. The molecule has 2 N–H and O–H groups in total. The highest BCUT2D eigenvalue weighted by Crippen LogP contribution is 2.36. The van der Waals surface area contributed by atoms with Crippen LogP contribution in [-0.2, 0) is 14.2 Å². The normalized spacial score (nSPS) is 19.3. The van der Waals surface area contributed by atoms with Gasteiger partial charge in [-0.25, -0.2) is 34.3 Å². The molecule has 8 fully saturated rings. The molecular formula is C63H98Cl2N16O6. The molecule has 3 amide bonds. The quantitative estimate of drug-likeness (QED) is 0.164. The minimum absolute atomic E-state index is 0. The number of anilines is 3. The maximum absolute atomic E-state index is 12.1. The Labute approximate surface area is 527 Å². The van der Waals surface area contributed by atoms with Gasteiger partial charge in [-0.2, -0.15) is 0 Å². The van der Waals surface area contributed by atoms with Gasteiger partial charge in [-0.05, 0) is 146 Å². The Balaban J connectivity index is 0.000000161. The maximum atomic E-state index is 12.1. The van der Waals surface area contributed by atoms with Gasteiger partial charge in [0.2, 0.25) is 0 Å². The minimum Gasteiger partial charge on any atom is -0.444 e. The van der Waals surface area contributed by atoms with Gasteiger partial charge in [0, 0.05) is 165 Å². The molecule has 0 spiro atoms. The number of carbonyl (C=O) groups is 3. The molecule has 0 aromatic carbocycles. The molecule has 8 saturated heterocycles. The van der Waals surface area contributed by atoms with E-state index >= 15 is 0 Å². The van der Waals surface area contributed by atoms with E-state index in [4.69, 9.17) is 25.8 Å². The van der Waals surface area contributed by atoms with Gasteiger partial charge in [-0.3, -0.25) is 19.9 Å². The number of hydrogen-bond acceptors (Lipinski definition) is 19. The van der Waals surface area contributed by atoms with Gasteiger partial charge in [0.1, 0.15) is 16.8 Å². The molecule has 87 heavy (non-hydrogen) atoms. The van der Waals surface area contributed by atoms with Crippen molar-refractivity contribution in [3.63, 3.8) is 0 Å². The molecule has 8 aliphatic heterocycles. The number of halogens is 2. The first-order valence-electron chi connectivity index (χ1n) is 31.7. The van der Waals surface area contributed by atoms with Crippen LogP contribution in [0.5, 0.6) is 0 Å². The van der Waals surface area contributed by atoms with Crippen molar-refractivity contribution in [1.82, 2.24) is 65.2 Å². The first-order chi connectivity index (χ1) is 41.2. The number of nitrogens with zero attached hydrogens (tertiary/aromatic N) is 14. The van der Waals surface area contributed by atoms with Gasteiger partial charge < -0.3 is 54.2 Å². The highest BCUT2D eigenvalue weighted by atomic mass is 35.5. The van der Waals surface area contributed by atoms with E-state index < -0.39 is 16.8 Å². The average molecular weight is 1250 g/mol. The summed E-state index contributed by atoms with van der Waals surface area (Å²) in [5.41, 5.74) is 2.62. The molecular weight excluding hydrogens is 1150 g/mol. The van der Waals surface area contributed by atoms with Crippen molar-refractivity contribution < 1.29 is 28.6 Å². The van der Waals surface area contributed by atoms with Gasteiger partial charge >= 0.3 is 18.3 Å². The fourth-order valence-electron chi connectivity index (χ4n) is 11.2. The Hall–Kier alpha value is -5.97. The van der Waals surface area contributed by atoms with Crippen molar-refractivity contribution in [2.24, 2.45) is 0 Å². The predicted octanol–water partition coefficient (Wildman–Crippen LogP) is 10.4. The molecule has 0 bridgehead atoms. The summed E-state index contributed by atoms with van der Waals surface area (Å²) in [4.78, 5) is 83.6. The molecule has 24 heteroatoms. The summed E-state index contributed by atoms with van der Waals surface area (Å²) in [5.74, 6) is 4.38. The molecule has 4 aromatic heterocycles. The Bertz CT molecular complexity index is 2650. The van der Waals surface area contributed by atoms with Crippen molar-refractivity contribution >= 4 is 59.7 Å². The van der Waals surface area contributed by atoms with Crippen LogP contribution >= 0.6 is 24.0 Å². The molecule has 0 radical (unpaired) electrons. The number of carbonyl (C=O) groups excluding carboxylic acids is 3. The molecule has 22 nitrogen and oxygen atoms in total. The lowest BCUT2D eigenvalue weighted by Gasteiger charge is -2.40. The van der Waals surface area contributed by atoms with E-state index in [9.17, 15) is 14.4 Å². The summed E-state index contributed by atoms with van der Waals surface area (Å²) < 4.78 is 16.1. The van der Waals surface area contributed by atoms with Crippen LogP contribution in [0.3, 0.4) is 0 Å². The Morgan fingerprint density at radius 2 is 0.667 bits per heavy atom. The van der Waals surface area contributed by atoms with E-state index in [2.05, 4.69) is 65.2 Å². The lowest BCUT2D eigenvalue weighted by Crippen LogP contribution is -2.51. The van der Waals surface area contributed by atoms with Crippen molar-refractivity contribution in [3.8, 4) is 0 Å². The number of piperidine rings is 4. The zero-order valence-corrected chi connectivity index (χ0v) is 54.8. The molecule has 0 unspecified atom stereocenters. The zero-order chi connectivity index (χ0) is 61.3. The van der Waals surface area contributed by atoms with E-state index in [0.717, 1.165) is 86.9 Å². The van der Waals surface area contributed by atoms with Crippen LogP contribution in [-0.4, -0.2) is 194 Å². The summed E-state index contributed by atoms with van der Waals surface area (Å²) in [6.45, 7) is 31.8. The van der Waals surface area contributed by atoms with E-state index in [1.54, 1.807) is 51.9 Å². The number of rotatable bonds is 7. The predicted molar refractivity (Wildman–Crippen MR) is 343 cm³/mol. The van der Waals surface area contributed by atoms with Gasteiger partial charge in [-0.1, -0.05) is 18.0 Å². The fourth-order valence-corrected chi connectivity index (χ4v) is 11.5. The van der Waals surface area contributed by atoms with Crippen LogP contribution in [0.2, 0.25) is 5.15 Å². The van der Waals surface area contributed by atoms with Crippen LogP contribution in [0.4, 0.5) is 31.8 Å². The SMILES string of the molecule is C1CCNCC1.CC(C)(C)OC(=O)N1CC(c2nccnc2Cl)C1.CC(C)(C)OC(=O)N1CC(c2nccnc2N2CCCCC2)C1.CC(C)(C)OC(=O)N1CC(c2nccnc2N2CCCCC2)C1.Cl.c1cnc(N2CCCCC2)c(C2CNC2)n1. The Morgan fingerprint density at radius 1 is 0.391 bits per heavy atom. The van der Waals surface area contributed by atoms with Crippen molar-refractivity contribution in [2.75, 3.05) is 119 Å². The maximum Gasteiger partial charge on any atom is 0.410 e. The third-order valence-corrected chi connectivity index (χ3v) is 16.2. The van der Waals surface area contributed by atoms with Crippen LogP contribution in [0.15, 0.2) is 49.6 Å². The smallest absolute Gasteiger partial charge is 0.410 e. The number of hydrogen-bond donors (Lipinski definition) is 2. The lowest BCUT2D eigenvalue weighted by atomic mass is 9.95. The third kappa shape index (κ3) is 20.8. The van der Waals surface area contributed by atoms with Crippen molar-refractivity contribution in [1.29, 1.82) is 0 Å². The first kappa shape index (κ1) is 68.5. The van der Waals surface area contributed by atoms with Crippen molar-refractivity contribution in [2.45, 2.75) is 180 Å². The highest BCUT2D eigenvalue weighted by Gasteiger charge is 2.40. The average Bonchev–Trinajstić information content (AvgIpc) is 2.11. The van der Waals surface area contributed by atoms with E-state index in [-0.39, 0.29) is 48.4 Å². The van der Waals surface area contributed by atoms with E-state index in [1.165, 1.54) is 95.8 Å². The fraction of sp³-hybridized carbons (Fsp3) is 0.698. The Kier molecular flexibility index (Phi) is 25.6.